The molecule has 0 bridgehead atoms. The summed E-state index contributed by atoms with van der Waals surface area (Å²) in [4.78, 5) is 26.2. The molecule has 0 fully saturated rings. The van der Waals surface area contributed by atoms with Crippen LogP contribution in [0, 0.1) is 0 Å². The van der Waals surface area contributed by atoms with Gasteiger partial charge in [-0.15, -0.1) is 0 Å². The lowest BCUT2D eigenvalue weighted by Gasteiger charge is -2.05. The Balaban J connectivity index is 2.29. The summed E-state index contributed by atoms with van der Waals surface area (Å²) in [5.74, 6) is -0.990. The molecule has 21 heavy (non-hydrogen) atoms. The molecule has 0 aliphatic heterocycles. The second-order valence-corrected chi connectivity index (χ2v) is 4.34. The third-order valence-corrected chi connectivity index (χ3v) is 3.06. The molecule has 0 aliphatic carbocycles. The third kappa shape index (κ3) is 2.04. The van der Waals surface area contributed by atoms with Crippen LogP contribution in [0.5, 0.6) is 5.88 Å². The molecule has 2 N–H and O–H groups in total. The van der Waals surface area contributed by atoms with Gasteiger partial charge in [0, 0.05) is 6.07 Å². The van der Waals surface area contributed by atoms with Crippen molar-refractivity contribution in [3.05, 3.63) is 52.4 Å². The fourth-order valence-electron chi connectivity index (χ4n) is 2.09. The van der Waals surface area contributed by atoms with Gasteiger partial charge >= 0.3 is 5.97 Å². The summed E-state index contributed by atoms with van der Waals surface area (Å²) in [5.41, 5.74) is 0.365. The molecular formula is C14H11N3O4. The van der Waals surface area contributed by atoms with E-state index in [1.54, 1.807) is 30.3 Å². The number of rotatable bonds is 2. The van der Waals surface area contributed by atoms with Gasteiger partial charge < -0.3 is 14.8 Å². The molecule has 2 aromatic heterocycles. The Morgan fingerprint density at radius 3 is 2.71 bits per heavy atom. The van der Waals surface area contributed by atoms with Crippen LogP contribution in [0.2, 0.25) is 0 Å². The zero-order valence-corrected chi connectivity index (χ0v) is 11.0. The maximum absolute atomic E-state index is 12.1. The van der Waals surface area contributed by atoms with Crippen molar-refractivity contribution in [2.75, 3.05) is 7.11 Å². The molecule has 0 atom stereocenters. The summed E-state index contributed by atoms with van der Waals surface area (Å²) < 4.78 is 5.66. The predicted molar refractivity (Wildman–Crippen MR) is 74.3 cm³/mol. The number of carbonyl (C=O) groups excluding carboxylic acids is 1. The maximum Gasteiger partial charge on any atom is 0.358 e. The van der Waals surface area contributed by atoms with E-state index in [9.17, 15) is 14.7 Å². The molecule has 0 spiro atoms. The summed E-state index contributed by atoms with van der Waals surface area (Å²) in [7, 11) is 1.23. The molecule has 0 saturated heterocycles. The van der Waals surface area contributed by atoms with E-state index in [1.165, 1.54) is 13.2 Å². The highest BCUT2D eigenvalue weighted by atomic mass is 16.5. The average molecular weight is 285 g/mol. The number of nitrogens with zero attached hydrogens (tertiary/aromatic N) is 2. The fourth-order valence-corrected chi connectivity index (χ4v) is 2.09. The number of fused-ring (bicyclic) bond motifs is 1. The molecule has 7 heteroatoms. The van der Waals surface area contributed by atoms with Crippen LogP contribution in [0.15, 0.2) is 41.2 Å². The molecule has 0 aliphatic rings. The van der Waals surface area contributed by atoms with Crippen molar-refractivity contribution in [2.24, 2.45) is 0 Å². The van der Waals surface area contributed by atoms with Crippen LogP contribution >= 0.6 is 0 Å². The summed E-state index contributed by atoms with van der Waals surface area (Å²) >= 11 is 0. The van der Waals surface area contributed by atoms with Gasteiger partial charge in [-0.3, -0.25) is 4.79 Å². The first-order valence-electron chi connectivity index (χ1n) is 6.10. The van der Waals surface area contributed by atoms with Crippen molar-refractivity contribution in [3.63, 3.8) is 0 Å². The monoisotopic (exact) mass is 285 g/mol. The molecule has 1 aromatic carbocycles. The Bertz CT molecular complexity index is 880. The van der Waals surface area contributed by atoms with Gasteiger partial charge in [0.15, 0.2) is 5.69 Å². The first-order chi connectivity index (χ1) is 10.1. The van der Waals surface area contributed by atoms with Crippen molar-refractivity contribution in [2.45, 2.75) is 0 Å². The molecule has 0 radical (unpaired) electrons. The number of aromatic hydroxyl groups is 1. The van der Waals surface area contributed by atoms with Crippen molar-refractivity contribution < 1.29 is 14.6 Å². The Kier molecular flexibility index (Phi) is 2.94. The van der Waals surface area contributed by atoms with Gasteiger partial charge in [0.05, 0.1) is 7.11 Å². The van der Waals surface area contributed by atoms with Crippen LogP contribution < -0.4 is 5.56 Å². The molecule has 2 heterocycles. The largest absolute Gasteiger partial charge is 0.493 e. The second kappa shape index (κ2) is 4.78. The Labute approximate surface area is 118 Å². The van der Waals surface area contributed by atoms with Gasteiger partial charge in [-0.1, -0.05) is 30.3 Å². The van der Waals surface area contributed by atoms with E-state index in [0.29, 0.717) is 5.56 Å². The molecule has 3 rings (SSSR count). The van der Waals surface area contributed by atoms with E-state index in [1.807, 2.05) is 0 Å². The van der Waals surface area contributed by atoms with Crippen molar-refractivity contribution >= 4 is 11.6 Å². The lowest BCUT2D eigenvalue weighted by atomic mass is 10.1. The van der Waals surface area contributed by atoms with Crippen molar-refractivity contribution in [3.8, 4) is 17.0 Å². The topological polar surface area (TPSA) is 96.7 Å². The Morgan fingerprint density at radius 1 is 1.33 bits per heavy atom. The van der Waals surface area contributed by atoms with E-state index in [4.69, 9.17) is 0 Å². The highest BCUT2D eigenvalue weighted by Crippen LogP contribution is 2.25. The SMILES string of the molecule is COC(=O)c1cc2[nH]c(=O)c(-c3ccccc3)c(O)n2n1. The van der Waals surface area contributed by atoms with E-state index in [-0.39, 0.29) is 22.8 Å². The molecular weight excluding hydrogens is 274 g/mol. The summed E-state index contributed by atoms with van der Waals surface area (Å²) in [6, 6.07) is 10.0. The summed E-state index contributed by atoms with van der Waals surface area (Å²) in [5, 5.41) is 14.2. The Morgan fingerprint density at radius 2 is 2.05 bits per heavy atom. The highest BCUT2D eigenvalue weighted by Gasteiger charge is 2.18. The average Bonchev–Trinajstić information content (AvgIpc) is 2.91. The van der Waals surface area contributed by atoms with Crippen LogP contribution in [0.1, 0.15) is 10.5 Å². The number of carbonyl (C=O) groups is 1. The van der Waals surface area contributed by atoms with Crippen LogP contribution in [-0.4, -0.2) is 32.8 Å². The molecule has 0 unspecified atom stereocenters. The molecule has 0 amide bonds. The van der Waals surface area contributed by atoms with E-state index < -0.39 is 11.5 Å². The fraction of sp³-hybridized carbons (Fsp3) is 0.0714. The third-order valence-electron chi connectivity index (χ3n) is 3.06. The standard InChI is InChI=1S/C14H11N3O4/c1-21-14(20)9-7-10-15-12(18)11(13(19)17(10)16-9)8-5-3-2-4-6-8/h2-7,19H,1H3,(H,15,18). The second-order valence-electron chi connectivity index (χ2n) is 4.34. The number of hydrogen-bond acceptors (Lipinski definition) is 5. The van der Waals surface area contributed by atoms with E-state index in [2.05, 4.69) is 14.8 Å². The first-order valence-corrected chi connectivity index (χ1v) is 6.10. The van der Waals surface area contributed by atoms with Crippen LogP contribution in [-0.2, 0) is 4.74 Å². The molecule has 106 valence electrons. The van der Waals surface area contributed by atoms with Crippen LogP contribution in [0.3, 0.4) is 0 Å². The van der Waals surface area contributed by atoms with Gasteiger partial charge in [-0.05, 0) is 5.56 Å². The number of H-pyrrole nitrogens is 1. The minimum Gasteiger partial charge on any atom is -0.493 e. The number of aromatic nitrogens is 3. The number of benzene rings is 1. The van der Waals surface area contributed by atoms with Crippen molar-refractivity contribution in [1.82, 2.24) is 14.6 Å². The van der Waals surface area contributed by atoms with Gasteiger partial charge in [-0.2, -0.15) is 9.61 Å². The van der Waals surface area contributed by atoms with E-state index in [0.717, 1.165) is 4.52 Å². The zero-order chi connectivity index (χ0) is 15.0. The summed E-state index contributed by atoms with van der Waals surface area (Å²) in [6.07, 6.45) is 0. The number of aromatic amines is 1. The lowest BCUT2D eigenvalue weighted by molar-refractivity contribution is 0.0593. The quantitative estimate of drug-likeness (QED) is 0.689. The van der Waals surface area contributed by atoms with Crippen molar-refractivity contribution in [1.29, 1.82) is 0 Å². The smallest absolute Gasteiger partial charge is 0.358 e. The van der Waals surface area contributed by atoms with Gasteiger partial charge in [-0.25, -0.2) is 4.79 Å². The minimum atomic E-state index is -0.653. The lowest BCUT2D eigenvalue weighted by Crippen LogP contribution is -2.12. The molecule has 0 saturated carbocycles. The van der Waals surface area contributed by atoms with Gasteiger partial charge in [0.1, 0.15) is 11.2 Å². The number of hydrogen-bond donors (Lipinski definition) is 2. The predicted octanol–water partition coefficient (Wildman–Crippen LogP) is 1.18. The first kappa shape index (κ1) is 12.9. The number of methoxy groups -OCH3 is 1. The zero-order valence-electron chi connectivity index (χ0n) is 11.0. The van der Waals surface area contributed by atoms with Crippen LogP contribution in [0.4, 0.5) is 0 Å². The summed E-state index contributed by atoms with van der Waals surface area (Å²) in [6.45, 7) is 0. The molecule has 3 aromatic rings. The Hall–Kier alpha value is -3.09. The number of esters is 1. The van der Waals surface area contributed by atoms with Gasteiger partial charge in [0.25, 0.3) is 5.56 Å². The minimum absolute atomic E-state index is 0.00587. The highest BCUT2D eigenvalue weighted by molar-refractivity contribution is 5.88. The molecule has 7 nitrogen and oxygen atoms in total. The van der Waals surface area contributed by atoms with Gasteiger partial charge in [0.2, 0.25) is 5.88 Å². The van der Waals surface area contributed by atoms with E-state index >= 15 is 0 Å². The maximum atomic E-state index is 12.1. The van der Waals surface area contributed by atoms with Crippen LogP contribution in [0.25, 0.3) is 16.8 Å². The number of nitrogens with one attached hydrogen (secondary N) is 1. The normalized spacial score (nSPS) is 10.7. The number of ether oxygens (including phenoxy) is 1.